The number of carbonyl (C=O) groups excluding carboxylic acids is 1. The van der Waals surface area contributed by atoms with E-state index in [1.54, 1.807) is 0 Å². The van der Waals surface area contributed by atoms with Gasteiger partial charge in [0.25, 0.3) is 0 Å². The Morgan fingerprint density at radius 2 is 2.14 bits per heavy atom. The number of hydrogen-bond donors (Lipinski definition) is 0. The number of rotatable bonds is 3. The third kappa shape index (κ3) is 2.44. The zero-order valence-electron chi connectivity index (χ0n) is 8.80. The molecular formula is C12H15BrO. The summed E-state index contributed by atoms with van der Waals surface area (Å²) in [5.74, 6) is 0.360. The summed E-state index contributed by atoms with van der Waals surface area (Å²) >= 11 is 3.42. The number of aryl methyl sites for hydroxylation is 1. The highest BCUT2D eigenvalue weighted by molar-refractivity contribution is 9.10. The molecule has 0 amide bonds. The third-order valence-corrected chi connectivity index (χ3v) is 3.39. The van der Waals surface area contributed by atoms with Crippen molar-refractivity contribution >= 4 is 21.7 Å². The predicted octanol–water partition coefficient (Wildman–Crippen LogP) is 3.99. The van der Waals surface area contributed by atoms with E-state index in [-0.39, 0.29) is 11.7 Å². The van der Waals surface area contributed by atoms with Crippen molar-refractivity contribution in [2.45, 2.75) is 27.2 Å². The maximum absolute atomic E-state index is 11.8. The van der Waals surface area contributed by atoms with Crippen LogP contribution >= 0.6 is 15.9 Å². The Hall–Kier alpha value is -0.630. The number of benzene rings is 1. The molecule has 0 spiro atoms. The molecule has 1 nitrogen and oxygen atoms in total. The molecule has 0 bridgehead atoms. The molecule has 1 rings (SSSR count). The van der Waals surface area contributed by atoms with Gasteiger partial charge in [-0.3, -0.25) is 4.79 Å². The van der Waals surface area contributed by atoms with Gasteiger partial charge in [0.1, 0.15) is 0 Å². The number of ketones is 1. The minimum atomic E-state index is 0.121. The minimum Gasteiger partial charge on any atom is -0.294 e. The summed E-state index contributed by atoms with van der Waals surface area (Å²) < 4.78 is 1.05. The fourth-order valence-corrected chi connectivity index (χ4v) is 1.51. The maximum atomic E-state index is 11.8. The first-order valence-corrected chi connectivity index (χ1v) is 5.66. The van der Waals surface area contributed by atoms with Gasteiger partial charge in [-0.15, -0.1) is 0 Å². The van der Waals surface area contributed by atoms with Crippen LogP contribution in [0.25, 0.3) is 0 Å². The van der Waals surface area contributed by atoms with Gasteiger partial charge in [0, 0.05) is 16.0 Å². The molecule has 0 aliphatic rings. The minimum absolute atomic E-state index is 0.121. The van der Waals surface area contributed by atoms with E-state index in [2.05, 4.69) is 15.9 Å². The van der Waals surface area contributed by atoms with Crippen molar-refractivity contribution in [2.24, 2.45) is 5.92 Å². The van der Waals surface area contributed by atoms with Gasteiger partial charge < -0.3 is 0 Å². The molecule has 14 heavy (non-hydrogen) atoms. The van der Waals surface area contributed by atoms with Gasteiger partial charge in [0.15, 0.2) is 5.78 Å². The van der Waals surface area contributed by atoms with Gasteiger partial charge >= 0.3 is 0 Å². The summed E-state index contributed by atoms with van der Waals surface area (Å²) in [5, 5.41) is 0. The molecular weight excluding hydrogens is 240 g/mol. The van der Waals surface area contributed by atoms with Gasteiger partial charge in [-0.05, 0) is 31.0 Å². The van der Waals surface area contributed by atoms with Crippen LogP contribution in [0.3, 0.4) is 0 Å². The normalized spacial score (nSPS) is 12.6. The zero-order chi connectivity index (χ0) is 10.7. The Morgan fingerprint density at radius 1 is 1.50 bits per heavy atom. The van der Waals surface area contributed by atoms with Crippen LogP contribution in [-0.2, 0) is 0 Å². The molecule has 0 heterocycles. The lowest BCUT2D eigenvalue weighted by Gasteiger charge is -2.08. The van der Waals surface area contributed by atoms with E-state index in [1.165, 1.54) is 0 Å². The first-order valence-electron chi connectivity index (χ1n) is 4.86. The van der Waals surface area contributed by atoms with Crippen molar-refractivity contribution in [3.63, 3.8) is 0 Å². The molecule has 1 aromatic rings. The zero-order valence-corrected chi connectivity index (χ0v) is 10.4. The van der Waals surface area contributed by atoms with E-state index in [1.807, 2.05) is 39.0 Å². The van der Waals surface area contributed by atoms with Crippen molar-refractivity contribution in [3.05, 3.63) is 33.8 Å². The quantitative estimate of drug-likeness (QED) is 0.746. The summed E-state index contributed by atoms with van der Waals surface area (Å²) in [7, 11) is 0. The van der Waals surface area contributed by atoms with Crippen LogP contribution in [0, 0.1) is 12.8 Å². The highest BCUT2D eigenvalue weighted by Crippen LogP contribution is 2.19. The third-order valence-electron chi connectivity index (χ3n) is 2.50. The van der Waals surface area contributed by atoms with Crippen molar-refractivity contribution in [1.82, 2.24) is 0 Å². The topological polar surface area (TPSA) is 17.1 Å². The Morgan fingerprint density at radius 3 is 2.64 bits per heavy atom. The molecule has 2 heteroatoms. The lowest BCUT2D eigenvalue weighted by Crippen LogP contribution is -2.10. The van der Waals surface area contributed by atoms with Crippen LogP contribution in [0.2, 0.25) is 0 Å². The first-order chi connectivity index (χ1) is 6.56. The van der Waals surface area contributed by atoms with E-state index >= 15 is 0 Å². The second kappa shape index (κ2) is 4.74. The fraction of sp³-hybridized carbons (Fsp3) is 0.417. The summed E-state index contributed by atoms with van der Waals surface area (Å²) in [6.45, 7) is 6.01. The van der Waals surface area contributed by atoms with E-state index < -0.39 is 0 Å². The van der Waals surface area contributed by atoms with E-state index in [0.29, 0.717) is 0 Å². The molecule has 0 N–H and O–H groups in total. The molecule has 0 saturated heterocycles. The standard InChI is InChI=1S/C12H15BrO/c1-4-8(2)12(14)10-5-6-11(13)9(3)7-10/h5-8H,4H2,1-3H3. The van der Waals surface area contributed by atoms with E-state index in [4.69, 9.17) is 0 Å². The second-order valence-electron chi connectivity index (χ2n) is 3.64. The largest absolute Gasteiger partial charge is 0.294 e. The van der Waals surface area contributed by atoms with Crippen molar-refractivity contribution in [3.8, 4) is 0 Å². The number of hydrogen-bond acceptors (Lipinski definition) is 1. The smallest absolute Gasteiger partial charge is 0.165 e. The average Bonchev–Trinajstić information content (AvgIpc) is 2.20. The van der Waals surface area contributed by atoms with Crippen LogP contribution < -0.4 is 0 Å². The average molecular weight is 255 g/mol. The lowest BCUT2D eigenvalue weighted by molar-refractivity contribution is 0.0927. The molecule has 0 aliphatic heterocycles. The van der Waals surface area contributed by atoms with Crippen molar-refractivity contribution in [2.75, 3.05) is 0 Å². The molecule has 1 atom stereocenters. The molecule has 0 saturated carbocycles. The predicted molar refractivity (Wildman–Crippen MR) is 62.7 cm³/mol. The van der Waals surface area contributed by atoms with Crippen LogP contribution in [-0.4, -0.2) is 5.78 Å². The highest BCUT2D eigenvalue weighted by atomic mass is 79.9. The van der Waals surface area contributed by atoms with E-state index in [0.717, 1.165) is 22.0 Å². The maximum Gasteiger partial charge on any atom is 0.165 e. The van der Waals surface area contributed by atoms with Crippen LogP contribution in [0.1, 0.15) is 36.2 Å². The summed E-state index contributed by atoms with van der Waals surface area (Å²) in [6.07, 6.45) is 0.897. The molecule has 0 fully saturated rings. The van der Waals surface area contributed by atoms with E-state index in [9.17, 15) is 4.79 Å². The van der Waals surface area contributed by atoms with Crippen LogP contribution in [0.15, 0.2) is 22.7 Å². The molecule has 0 radical (unpaired) electrons. The monoisotopic (exact) mass is 254 g/mol. The molecule has 0 aliphatic carbocycles. The second-order valence-corrected chi connectivity index (χ2v) is 4.49. The summed E-state index contributed by atoms with van der Waals surface area (Å²) in [6, 6.07) is 5.76. The van der Waals surface area contributed by atoms with Crippen molar-refractivity contribution in [1.29, 1.82) is 0 Å². The number of carbonyl (C=O) groups is 1. The van der Waals surface area contributed by atoms with Gasteiger partial charge in [0.05, 0.1) is 0 Å². The Balaban J connectivity index is 2.97. The van der Waals surface area contributed by atoms with Crippen LogP contribution in [0.5, 0.6) is 0 Å². The number of halogens is 1. The lowest BCUT2D eigenvalue weighted by atomic mass is 9.96. The fourth-order valence-electron chi connectivity index (χ4n) is 1.27. The van der Waals surface area contributed by atoms with Gasteiger partial charge in [-0.25, -0.2) is 0 Å². The van der Waals surface area contributed by atoms with Crippen LogP contribution in [0.4, 0.5) is 0 Å². The summed E-state index contributed by atoms with van der Waals surface area (Å²) in [5.41, 5.74) is 1.93. The Bertz CT molecular complexity index is 344. The molecule has 76 valence electrons. The first kappa shape index (κ1) is 11.4. The molecule has 1 unspecified atom stereocenters. The molecule has 1 aromatic carbocycles. The Kier molecular flexibility index (Phi) is 3.87. The highest BCUT2D eigenvalue weighted by Gasteiger charge is 2.13. The van der Waals surface area contributed by atoms with Crippen molar-refractivity contribution < 1.29 is 4.79 Å². The van der Waals surface area contributed by atoms with Gasteiger partial charge in [-0.1, -0.05) is 35.8 Å². The summed E-state index contributed by atoms with van der Waals surface area (Å²) in [4.78, 5) is 11.8. The number of Topliss-reactive ketones (excluding diaryl/α,β-unsaturated/α-hetero) is 1. The Labute approximate surface area is 93.7 Å². The SMILES string of the molecule is CCC(C)C(=O)c1ccc(Br)c(C)c1. The van der Waals surface area contributed by atoms with Gasteiger partial charge in [0.2, 0.25) is 0 Å². The van der Waals surface area contributed by atoms with Gasteiger partial charge in [-0.2, -0.15) is 0 Å². The molecule has 0 aromatic heterocycles.